The molecule has 9 heteroatoms. The van der Waals surface area contributed by atoms with Crippen LogP contribution in [-0.2, 0) is 35.2 Å². The summed E-state index contributed by atoms with van der Waals surface area (Å²) in [6, 6.07) is 9.02. The first kappa shape index (κ1) is 19.9. The van der Waals surface area contributed by atoms with Gasteiger partial charge in [0.2, 0.25) is 5.70 Å². The highest BCUT2D eigenvalue weighted by Crippen LogP contribution is 2.26. The molecule has 2 rings (SSSR count). The van der Waals surface area contributed by atoms with Gasteiger partial charge in [-0.1, -0.05) is 30.3 Å². The minimum Gasteiger partial charge on any atom is -0.485 e. The van der Waals surface area contributed by atoms with Gasteiger partial charge in [0.1, 0.15) is 18.1 Å². The predicted molar refractivity (Wildman–Crippen MR) is 94.2 cm³/mol. The normalized spacial score (nSPS) is 13.7. The molecule has 0 fully saturated rings. The second-order valence-corrected chi connectivity index (χ2v) is 5.16. The highest BCUT2D eigenvalue weighted by atomic mass is 16.5. The van der Waals surface area contributed by atoms with Crippen molar-refractivity contribution in [3.63, 3.8) is 0 Å². The Balaban J connectivity index is 2.45. The lowest BCUT2D eigenvalue weighted by atomic mass is 10.1. The van der Waals surface area contributed by atoms with Crippen LogP contribution < -0.4 is 5.84 Å². The molecule has 0 saturated heterocycles. The summed E-state index contributed by atoms with van der Waals surface area (Å²) in [5.74, 6) is 5.35. The van der Waals surface area contributed by atoms with E-state index in [0.29, 0.717) is 5.12 Å². The molecular formula is C18H19N3O6. The average molecular weight is 373 g/mol. The number of esters is 2. The third-order valence-corrected chi connectivity index (χ3v) is 3.38. The quantitative estimate of drug-likeness (QED) is 0.424. The number of hydrazone groups is 1. The van der Waals surface area contributed by atoms with Crippen molar-refractivity contribution in [2.75, 3.05) is 13.2 Å². The number of nitrogens with zero attached hydrogens (tertiary/aromatic N) is 2. The number of benzene rings is 1. The van der Waals surface area contributed by atoms with Gasteiger partial charge in [-0.15, -0.1) is 5.10 Å². The van der Waals surface area contributed by atoms with Crippen molar-refractivity contribution in [2.24, 2.45) is 10.9 Å². The van der Waals surface area contributed by atoms with Gasteiger partial charge in [0, 0.05) is 0 Å². The summed E-state index contributed by atoms with van der Waals surface area (Å²) in [6.45, 7) is 3.34. The van der Waals surface area contributed by atoms with E-state index in [0.717, 1.165) is 5.56 Å². The Kier molecular flexibility index (Phi) is 6.87. The number of carbonyl (C=O) groups excluding carboxylic acids is 3. The molecule has 0 spiro atoms. The number of nitrogens with two attached hydrogens (primary N) is 1. The molecule has 1 aliphatic heterocycles. The first-order chi connectivity index (χ1) is 13.0. The summed E-state index contributed by atoms with van der Waals surface area (Å²) in [5, 5.41) is 4.39. The third-order valence-electron chi connectivity index (χ3n) is 3.38. The Morgan fingerprint density at radius 2 is 1.74 bits per heavy atom. The van der Waals surface area contributed by atoms with E-state index in [1.807, 2.05) is 6.07 Å². The predicted octanol–water partition coefficient (Wildman–Crippen LogP) is 0.844. The lowest BCUT2D eigenvalue weighted by molar-refractivity contribution is -0.141. The lowest BCUT2D eigenvalue weighted by Crippen LogP contribution is -2.39. The fraction of sp³-hybridized carbons (Fsp3) is 0.278. The fourth-order valence-corrected chi connectivity index (χ4v) is 2.23. The molecule has 1 aliphatic rings. The van der Waals surface area contributed by atoms with Crippen molar-refractivity contribution in [1.29, 1.82) is 0 Å². The Labute approximate surface area is 155 Å². The number of hydrogen-bond acceptors (Lipinski definition) is 9. The van der Waals surface area contributed by atoms with Gasteiger partial charge in [0.05, 0.1) is 13.2 Å². The molecule has 142 valence electrons. The van der Waals surface area contributed by atoms with Crippen LogP contribution in [0.1, 0.15) is 19.4 Å². The molecular weight excluding hydrogens is 354 g/mol. The first-order valence-electron chi connectivity index (χ1n) is 8.17. The van der Waals surface area contributed by atoms with Gasteiger partial charge in [0.15, 0.2) is 11.5 Å². The second-order valence-electron chi connectivity index (χ2n) is 5.16. The van der Waals surface area contributed by atoms with Crippen molar-refractivity contribution in [3.8, 4) is 0 Å². The van der Waals surface area contributed by atoms with Crippen LogP contribution >= 0.6 is 0 Å². The standard InChI is InChI=1S/C18H19N3O6/c1-3-25-17(23)14-13(10-22)16(27-11-12-8-6-5-7-9-12)15(21(19)20-14)18(24)26-4-2/h5-9H,3-4,11,19H2,1-2H3. The minimum absolute atomic E-state index is 0.00814. The molecule has 0 atom stereocenters. The number of ether oxygens (including phenoxy) is 3. The van der Waals surface area contributed by atoms with E-state index >= 15 is 0 Å². The Morgan fingerprint density at radius 1 is 1.11 bits per heavy atom. The number of allylic oxidation sites excluding steroid dienone is 1. The Bertz CT molecular complexity index is 825. The van der Waals surface area contributed by atoms with Crippen molar-refractivity contribution in [1.82, 2.24) is 5.12 Å². The van der Waals surface area contributed by atoms with Crippen molar-refractivity contribution < 1.29 is 28.6 Å². The molecule has 1 heterocycles. The zero-order chi connectivity index (χ0) is 19.8. The molecule has 1 aromatic carbocycles. The lowest BCUT2D eigenvalue weighted by Gasteiger charge is -2.25. The molecule has 0 saturated carbocycles. The van der Waals surface area contributed by atoms with Gasteiger partial charge in [-0.05, 0) is 19.4 Å². The molecule has 9 nitrogen and oxygen atoms in total. The molecule has 0 amide bonds. The molecule has 0 bridgehead atoms. The van der Waals surface area contributed by atoms with Gasteiger partial charge >= 0.3 is 11.9 Å². The van der Waals surface area contributed by atoms with E-state index in [1.165, 1.54) is 0 Å². The van der Waals surface area contributed by atoms with Gasteiger partial charge in [-0.2, -0.15) is 5.12 Å². The second kappa shape index (κ2) is 9.33. The SMILES string of the molecule is CCOC(=O)C1=NN(N)C(C(=O)OCC)=C(OCc2ccccc2)C1=C=O. The van der Waals surface area contributed by atoms with Crippen LogP contribution in [-0.4, -0.2) is 41.9 Å². The van der Waals surface area contributed by atoms with Crippen LogP contribution in [0, 0.1) is 0 Å². The van der Waals surface area contributed by atoms with E-state index in [-0.39, 0.29) is 36.8 Å². The van der Waals surface area contributed by atoms with Gasteiger partial charge in [0.25, 0.3) is 0 Å². The van der Waals surface area contributed by atoms with Crippen LogP contribution in [0.3, 0.4) is 0 Å². The summed E-state index contributed by atoms with van der Waals surface area (Å²) in [6.07, 6.45) is 0. The summed E-state index contributed by atoms with van der Waals surface area (Å²) in [7, 11) is 0. The summed E-state index contributed by atoms with van der Waals surface area (Å²) >= 11 is 0. The maximum atomic E-state index is 12.3. The van der Waals surface area contributed by atoms with E-state index in [2.05, 4.69) is 5.10 Å². The van der Waals surface area contributed by atoms with Crippen LogP contribution in [0.4, 0.5) is 0 Å². The zero-order valence-corrected chi connectivity index (χ0v) is 14.9. The topological polar surface area (TPSA) is 121 Å². The molecule has 0 unspecified atom stereocenters. The third kappa shape index (κ3) is 4.60. The number of hydrazine groups is 1. The smallest absolute Gasteiger partial charge is 0.362 e. The van der Waals surface area contributed by atoms with Gasteiger partial charge in [-0.25, -0.2) is 20.2 Å². The monoisotopic (exact) mass is 373 g/mol. The highest BCUT2D eigenvalue weighted by molar-refractivity contribution is 6.46. The molecule has 0 aliphatic carbocycles. The van der Waals surface area contributed by atoms with E-state index in [4.69, 9.17) is 20.1 Å². The van der Waals surface area contributed by atoms with Gasteiger partial charge in [-0.3, -0.25) is 0 Å². The largest absolute Gasteiger partial charge is 0.485 e. The summed E-state index contributed by atoms with van der Waals surface area (Å²) in [4.78, 5) is 35.9. The summed E-state index contributed by atoms with van der Waals surface area (Å²) < 4.78 is 15.5. The maximum Gasteiger partial charge on any atom is 0.362 e. The highest BCUT2D eigenvalue weighted by Gasteiger charge is 2.37. The molecule has 27 heavy (non-hydrogen) atoms. The average Bonchev–Trinajstić information content (AvgIpc) is 2.66. The van der Waals surface area contributed by atoms with E-state index in [9.17, 15) is 14.4 Å². The fourth-order valence-electron chi connectivity index (χ4n) is 2.23. The van der Waals surface area contributed by atoms with Crippen LogP contribution in [0.15, 0.2) is 52.5 Å². The van der Waals surface area contributed by atoms with Crippen molar-refractivity contribution in [3.05, 3.63) is 52.9 Å². The van der Waals surface area contributed by atoms with E-state index in [1.54, 1.807) is 44.1 Å². The maximum absolute atomic E-state index is 12.3. The van der Waals surface area contributed by atoms with Gasteiger partial charge < -0.3 is 14.2 Å². The molecule has 1 aromatic rings. The molecule has 2 N–H and O–H groups in total. The Morgan fingerprint density at radius 3 is 2.33 bits per heavy atom. The van der Waals surface area contributed by atoms with Crippen molar-refractivity contribution in [2.45, 2.75) is 20.5 Å². The zero-order valence-electron chi connectivity index (χ0n) is 14.9. The minimum atomic E-state index is -0.894. The van der Waals surface area contributed by atoms with Crippen molar-refractivity contribution >= 4 is 23.6 Å². The first-order valence-corrected chi connectivity index (χ1v) is 8.17. The molecule has 0 aromatic heterocycles. The van der Waals surface area contributed by atoms with Crippen LogP contribution in [0.5, 0.6) is 0 Å². The Hall–Kier alpha value is -3.42. The number of hydrogen-bond donors (Lipinski definition) is 1. The number of carbonyl (C=O) groups is 2. The van der Waals surface area contributed by atoms with E-state index < -0.39 is 17.7 Å². The van der Waals surface area contributed by atoms with Crippen LogP contribution in [0.25, 0.3) is 0 Å². The molecule has 0 radical (unpaired) electrons. The van der Waals surface area contributed by atoms with Crippen LogP contribution in [0.2, 0.25) is 0 Å². The summed E-state index contributed by atoms with van der Waals surface area (Å²) in [5.41, 5.74) is -0.332. The number of rotatable bonds is 7.